The number of hydrogen-bond donors (Lipinski definition) is 2. The lowest BCUT2D eigenvalue weighted by atomic mass is 10.1. The first kappa shape index (κ1) is 26.9. The fourth-order valence-corrected chi connectivity index (χ4v) is 3.92. The highest BCUT2D eigenvalue weighted by molar-refractivity contribution is 6.30. The second-order valence-corrected chi connectivity index (χ2v) is 9.04. The Hall–Kier alpha value is -3.19. The van der Waals surface area contributed by atoms with Gasteiger partial charge < -0.3 is 10.2 Å². The second-order valence-electron chi connectivity index (χ2n) is 8.17. The summed E-state index contributed by atoms with van der Waals surface area (Å²) in [5, 5.41) is 24.5. The highest BCUT2D eigenvalue weighted by atomic mass is 35.5. The van der Waals surface area contributed by atoms with E-state index < -0.39 is 36.4 Å². The molecule has 2 aromatic heterocycles. The van der Waals surface area contributed by atoms with Gasteiger partial charge in [0.15, 0.2) is 17.8 Å². The third-order valence-electron chi connectivity index (χ3n) is 5.42. The molecule has 2 heterocycles. The average molecular weight is 560 g/mol. The molecular weight excluding hydrogens is 541 g/mol. The number of aliphatic hydroxyl groups excluding tert-OH is 2. The van der Waals surface area contributed by atoms with Crippen molar-refractivity contribution in [1.82, 2.24) is 23.9 Å². The molecule has 8 nitrogen and oxygen atoms in total. The molecule has 4 aromatic rings. The van der Waals surface area contributed by atoms with Crippen molar-refractivity contribution in [2.24, 2.45) is 0 Å². The van der Waals surface area contributed by atoms with Gasteiger partial charge in [-0.15, -0.1) is 5.10 Å². The van der Waals surface area contributed by atoms with E-state index in [1.165, 1.54) is 49.5 Å². The largest absolute Gasteiger partial charge is 0.416 e. The fraction of sp³-hybridized carbons (Fsp3) is 0.261. The molecule has 0 saturated heterocycles. The number of aliphatic hydroxyl groups is 2. The standard InChI is InChI=1S/C23H19Cl2F4N5O3/c1-12(35)21-30-20(31-34(21)17-7-6-15(25)8-16(17)26)11-32-9-18(13-2-4-14(24)5-3-13)33(22(32)37)10-19(36)23(27,28)29/h2-9,12,19,35-36H,10-11H2,1H3/t12-,19?/m0/s1. The van der Waals surface area contributed by atoms with Gasteiger partial charge in [0.25, 0.3) is 0 Å². The zero-order valence-electron chi connectivity index (χ0n) is 19.0. The van der Waals surface area contributed by atoms with Crippen LogP contribution >= 0.6 is 23.2 Å². The van der Waals surface area contributed by atoms with Crippen LogP contribution in [0.4, 0.5) is 17.6 Å². The molecule has 2 atom stereocenters. The van der Waals surface area contributed by atoms with Crippen molar-refractivity contribution in [3.8, 4) is 16.9 Å². The van der Waals surface area contributed by atoms with Gasteiger partial charge in [-0.05, 0) is 42.8 Å². The molecule has 0 aliphatic rings. The molecule has 0 radical (unpaired) electrons. The Labute approximate surface area is 216 Å². The van der Waals surface area contributed by atoms with Gasteiger partial charge in [-0.2, -0.15) is 13.2 Å². The van der Waals surface area contributed by atoms with Crippen molar-refractivity contribution >= 4 is 23.2 Å². The summed E-state index contributed by atoms with van der Waals surface area (Å²) in [5.41, 5.74) is -0.468. The van der Waals surface area contributed by atoms with Gasteiger partial charge in [-0.1, -0.05) is 35.3 Å². The van der Waals surface area contributed by atoms with Crippen molar-refractivity contribution < 1.29 is 27.8 Å². The van der Waals surface area contributed by atoms with E-state index >= 15 is 0 Å². The Morgan fingerprint density at radius 1 is 1.05 bits per heavy atom. The predicted octanol–water partition coefficient (Wildman–Crippen LogP) is 4.37. The minimum atomic E-state index is -4.95. The molecule has 37 heavy (non-hydrogen) atoms. The Morgan fingerprint density at radius 3 is 2.30 bits per heavy atom. The smallest absolute Gasteiger partial charge is 0.385 e. The summed E-state index contributed by atoms with van der Waals surface area (Å²) in [6.45, 7) is 0.0124. The first-order chi connectivity index (χ1) is 17.3. The van der Waals surface area contributed by atoms with Crippen LogP contribution < -0.4 is 5.69 Å². The molecule has 0 aliphatic heterocycles. The lowest BCUT2D eigenvalue weighted by Gasteiger charge is -2.16. The van der Waals surface area contributed by atoms with Gasteiger partial charge in [-0.25, -0.2) is 18.9 Å². The van der Waals surface area contributed by atoms with E-state index in [4.69, 9.17) is 23.2 Å². The molecule has 1 unspecified atom stereocenters. The molecule has 0 aliphatic carbocycles. The number of rotatable bonds is 7. The highest BCUT2D eigenvalue weighted by Crippen LogP contribution is 2.26. The van der Waals surface area contributed by atoms with Crippen LogP contribution in [0.2, 0.25) is 10.0 Å². The summed E-state index contributed by atoms with van der Waals surface area (Å²) >= 11 is 11.7. The van der Waals surface area contributed by atoms with Gasteiger partial charge in [0.2, 0.25) is 0 Å². The van der Waals surface area contributed by atoms with Gasteiger partial charge in [-0.3, -0.25) is 9.13 Å². The van der Waals surface area contributed by atoms with Gasteiger partial charge in [0.1, 0.15) is 17.6 Å². The normalized spacial score (nSPS) is 13.6. The fourth-order valence-electron chi connectivity index (χ4n) is 3.64. The topological polar surface area (TPSA) is 98.1 Å². The molecule has 0 fully saturated rings. The third-order valence-corrected chi connectivity index (χ3v) is 5.91. The van der Waals surface area contributed by atoms with Crippen LogP contribution in [-0.2, 0) is 13.1 Å². The molecule has 2 aromatic carbocycles. The Balaban J connectivity index is 1.78. The van der Waals surface area contributed by atoms with Crippen LogP contribution in [0.5, 0.6) is 0 Å². The van der Waals surface area contributed by atoms with Gasteiger partial charge in [0, 0.05) is 16.2 Å². The maximum absolute atomic E-state index is 14.5. The molecule has 0 spiro atoms. The Kier molecular flexibility index (Phi) is 7.47. The molecule has 14 heteroatoms. The van der Waals surface area contributed by atoms with Crippen LogP contribution in [0.25, 0.3) is 16.9 Å². The molecule has 2 N–H and O–H groups in total. The van der Waals surface area contributed by atoms with Crippen LogP contribution in [-0.4, -0.2) is 46.4 Å². The summed E-state index contributed by atoms with van der Waals surface area (Å²) in [4.78, 5) is 17.3. The second kappa shape index (κ2) is 10.3. The molecule has 0 saturated carbocycles. The van der Waals surface area contributed by atoms with Crippen molar-refractivity contribution in [2.45, 2.75) is 38.4 Å². The maximum Gasteiger partial charge on any atom is 0.416 e. The van der Waals surface area contributed by atoms with Crippen LogP contribution in [0.15, 0.2) is 53.5 Å². The number of nitrogens with zero attached hydrogens (tertiary/aromatic N) is 5. The molecule has 0 bridgehead atoms. The maximum atomic E-state index is 14.5. The number of benzene rings is 2. The number of halogens is 6. The monoisotopic (exact) mass is 559 g/mol. The molecule has 0 amide bonds. The lowest BCUT2D eigenvalue weighted by molar-refractivity contribution is -0.207. The zero-order valence-corrected chi connectivity index (χ0v) is 20.5. The quantitative estimate of drug-likeness (QED) is 0.328. The zero-order chi connectivity index (χ0) is 27.1. The van der Waals surface area contributed by atoms with E-state index in [0.29, 0.717) is 10.6 Å². The van der Waals surface area contributed by atoms with Gasteiger partial charge in [0.05, 0.1) is 18.8 Å². The summed E-state index contributed by atoms with van der Waals surface area (Å²) < 4.78 is 56.6. The minimum absolute atomic E-state index is 0.0245. The average Bonchev–Trinajstić information content (AvgIpc) is 3.36. The molecular formula is C23H19Cl2F4N5O3. The van der Waals surface area contributed by atoms with Crippen molar-refractivity contribution in [1.29, 1.82) is 0 Å². The van der Waals surface area contributed by atoms with Crippen LogP contribution in [0.3, 0.4) is 0 Å². The summed E-state index contributed by atoms with van der Waals surface area (Å²) in [5.74, 6) is -0.794. The SMILES string of the molecule is C[C@H](O)c1nc(Cn2cc(-c3ccc(Cl)cc3)n(CC(O)C(F)(F)F)c2=O)nn1-c1ccc(Cl)cc1F. The summed E-state index contributed by atoms with van der Waals surface area (Å²) in [6, 6.07) is 9.84. The molecule has 4 rings (SSSR count). The van der Waals surface area contributed by atoms with Crippen molar-refractivity contribution in [2.75, 3.05) is 0 Å². The summed E-state index contributed by atoms with van der Waals surface area (Å²) in [6.07, 6.45) is -7.63. The Morgan fingerprint density at radius 2 is 1.70 bits per heavy atom. The third kappa shape index (κ3) is 5.72. The number of imidazole rings is 1. The van der Waals surface area contributed by atoms with E-state index in [1.807, 2.05) is 0 Å². The Bertz CT molecular complexity index is 1480. The molecule has 196 valence electrons. The lowest BCUT2D eigenvalue weighted by Crippen LogP contribution is -2.37. The number of aromatic nitrogens is 5. The van der Waals surface area contributed by atoms with Crippen molar-refractivity contribution in [3.63, 3.8) is 0 Å². The predicted molar refractivity (Wildman–Crippen MR) is 127 cm³/mol. The van der Waals surface area contributed by atoms with E-state index in [9.17, 15) is 32.6 Å². The van der Waals surface area contributed by atoms with E-state index in [-0.39, 0.29) is 34.6 Å². The first-order valence-corrected chi connectivity index (χ1v) is 11.5. The minimum Gasteiger partial charge on any atom is -0.385 e. The first-order valence-electron chi connectivity index (χ1n) is 10.7. The highest BCUT2D eigenvalue weighted by Gasteiger charge is 2.39. The van der Waals surface area contributed by atoms with E-state index in [1.54, 1.807) is 0 Å². The number of hydrogen-bond acceptors (Lipinski definition) is 5. The van der Waals surface area contributed by atoms with E-state index in [0.717, 1.165) is 19.9 Å². The van der Waals surface area contributed by atoms with Crippen LogP contribution in [0.1, 0.15) is 24.7 Å². The number of alkyl halides is 3. The van der Waals surface area contributed by atoms with Crippen molar-refractivity contribution in [3.05, 3.63) is 86.7 Å². The van der Waals surface area contributed by atoms with Gasteiger partial charge >= 0.3 is 11.9 Å². The van der Waals surface area contributed by atoms with Crippen LogP contribution in [0, 0.1) is 5.82 Å². The summed E-state index contributed by atoms with van der Waals surface area (Å²) in [7, 11) is 0. The van der Waals surface area contributed by atoms with E-state index in [2.05, 4.69) is 10.1 Å².